The van der Waals surface area contributed by atoms with Crippen LogP contribution in [0.5, 0.6) is 0 Å². The summed E-state index contributed by atoms with van der Waals surface area (Å²) in [5.41, 5.74) is 0.960. The topological polar surface area (TPSA) is 13.1 Å². The van der Waals surface area contributed by atoms with Crippen molar-refractivity contribution in [3.8, 4) is 44.5 Å². The Morgan fingerprint density at radius 2 is 0.939 bits per heavy atom. The highest BCUT2D eigenvalue weighted by atomic mass is 16.3. The first-order valence-corrected chi connectivity index (χ1v) is 15.4. The number of hydrogen-bond acceptors (Lipinski definition) is 1. The molecule has 0 aliphatic rings. The number of rotatable bonds is 4. The molecule has 0 unspecified atom stereocenters. The molecule has 0 spiro atoms. The van der Waals surface area contributed by atoms with Crippen LogP contribution < -0.4 is 0 Å². The first-order chi connectivity index (χ1) is 31.8. The molecule has 9 aromatic carbocycles. The van der Waals surface area contributed by atoms with Gasteiger partial charge in [0.25, 0.3) is 0 Å². The summed E-state index contributed by atoms with van der Waals surface area (Å²) in [5, 5.41) is 2.15. The summed E-state index contributed by atoms with van der Waals surface area (Å²) in [7, 11) is 0. The molecule has 49 heavy (non-hydrogen) atoms. The van der Waals surface area contributed by atoms with E-state index in [4.69, 9.17) is 26.3 Å². The van der Waals surface area contributed by atoms with Crippen molar-refractivity contribution in [1.82, 2.24) is 0 Å². The van der Waals surface area contributed by atoms with Crippen molar-refractivity contribution in [2.24, 2.45) is 0 Å². The Balaban J connectivity index is 1.22. The van der Waals surface area contributed by atoms with Gasteiger partial charge in [-0.25, -0.2) is 0 Å². The van der Waals surface area contributed by atoms with Crippen molar-refractivity contribution in [3.63, 3.8) is 0 Å². The second kappa shape index (κ2) is 11.1. The quantitative estimate of drug-likeness (QED) is 0.174. The molecule has 0 aliphatic carbocycles. The molecule has 1 aromatic heterocycles. The van der Waals surface area contributed by atoms with Crippen LogP contribution in [-0.4, -0.2) is 0 Å². The van der Waals surface area contributed by atoms with Crippen molar-refractivity contribution >= 4 is 54.3 Å². The zero-order chi connectivity index (χ0) is 48.0. The van der Waals surface area contributed by atoms with E-state index in [2.05, 4.69) is 0 Å². The van der Waals surface area contributed by atoms with E-state index in [1.807, 2.05) is 36.4 Å². The van der Waals surface area contributed by atoms with E-state index in [1.165, 1.54) is 0 Å². The molecule has 1 heteroatoms. The first kappa shape index (κ1) is 15.2. The lowest BCUT2D eigenvalue weighted by Crippen LogP contribution is -1.91. The zero-order valence-corrected chi connectivity index (χ0v) is 25.3. The molecule has 0 amide bonds. The lowest BCUT2D eigenvalue weighted by molar-refractivity contribution is 0.673. The largest absolute Gasteiger partial charge is 0.455 e. The summed E-state index contributed by atoms with van der Waals surface area (Å²) in [6.45, 7) is 0. The zero-order valence-electron chi connectivity index (χ0n) is 43.3. The predicted octanol–water partition coefficient (Wildman–Crippen LogP) is 13.7. The van der Waals surface area contributed by atoms with Gasteiger partial charge in [0.2, 0.25) is 0 Å². The number of benzene rings is 9. The Morgan fingerprint density at radius 3 is 1.63 bits per heavy atom. The van der Waals surface area contributed by atoms with Gasteiger partial charge in [-0.1, -0.05) is 169 Å². The molecule has 1 nitrogen and oxygen atoms in total. The molecule has 0 bridgehead atoms. The van der Waals surface area contributed by atoms with Gasteiger partial charge in [-0.05, 0) is 83.5 Å². The summed E-state index contributed by atoms with van der Waals surface area (Å²) >= 11 is 0. The fourth-order valence-electron chi connectivity index (χ4n) is 6.62. The third kappa shape index (κ3) is 4.40. The molecule has 10 rings (SSSR count). The van der Waals surface area contributed by atoms with Gasteiger partial charge in [-0.3, -0.25) is 0 Å². The van der Waals surface area contributed by atoms with Crippen LogP contribution >= 0.6 is 0 Å². The summed E-state index contributed by atoms with van der Waals surface area (Å²) in [5.74, 6) is 0. The maximum Gasteiger partial charge on any atom is 0.143 e. The normalized spacial score (nSPS) is 16.8. The van der Waals surface area contributed by atoms with Gasteiger partial charge >= 0.3 is 0 Å². The lowest BCUT2D eigenvalue weighted by atomic mass is 9.84. The monoisotopic (exact) mass is 640 g/mol. The molecule has 0 saturated heterocycles. The van der Waals surface area contributed by atoms with Crippen molar-refractivity contribution in [2.45, 2.75) is 0 Å². The predicted molar refractivity (Wildman–Crippen MR) is 208 cm³/mol. The van der Waals surface area contributed by atoms with Crippen LogP contribution in [0.2, 0.25) is 0 Å². The highest BCUT2D eigenvalue weighted by molar-refractivity contribution is 6.27. The van der Waals surface area contributed by atoms with Crippen molar-refractivity contribution in [1.29, 1.82) is 0 Å². The van der Waals surface area contributed by atoms with Crippen LogP contribution in [0.3, 0.4) is 0 Å². The van der Waals surface area contributed by atoms with Crippen molar-refractivity contribution < 1.29 is 29.1 Å². The van der Waals surface area contributed by atoms with Crippen LogP contribution in [0.1, 0.15) is 24.7 Å². The smallest absolute Gasteiger partial charge is 0.143 e. The third-order valence-electron chi connectivity index (χ3n) is 8.77. The second-order valence-corrected chi connectivity index (χ2v) is 11.4. The average molecular weight is 641 g/mol. The van der Waals surface area contributed by atoms with Crippen molar-refractivity contribution in [2.75, 3.05) is 0 Å². The molecular weight excluding hydrogens is 593 g/mol. The van der Waals surface area contributed by atoms with E-state index >= 15 is 0 Å². The maximum atomic E-state index is 9.46. The Kier molecular flexibility index (Phi) is 3.43. The Morgan fingerprint density at radius 1 is 0.367 bits per heavy atom. The van der Waals surface area contributed by atoms with Gasteiger partial charge < -0.3 is 4.42 Å². The highest BCUT2D eigenvalue weighted by Crippen LogP contribution is 2.47. The van der Waals surface area contributed by atoms with Crippen molar-refractivity contribution in [3.05, 3.63) is 182 Å². The summed E-state index contributed by atoms with van der Waals surface area (Å²) in [4.78, 5) is 0. The van der Waals surface area contributed by atoms with Crippen LogP contribution in [-0.2, 0) is 0 Å². The molecule has 0 radical (unpaired) electrons. The Labute approximate surface area is 309 Å². The van der Waals surface area contributed by atoms with Crippen LogP contribution in [0.25, 0.3) is 98.8 Å². The molecular formula is C48H30O. The van der Waals surface area contributed by atoms with Crippen LogP contribution in [0.4, 0.5) is 0 Å². The van der Waals surface area contributed by atoms with Gasteiger partial charge in [0.05, 0.1) is 24.7 Å². The van der Waals surface area contributed by atoms with Gasteiger partial charge in [0.15, 0.2) is 0 Å². The average Bonchev–Trinajstić information content (AvgIpc) is 3.72. The Bertz CT molecular complexity index is 3780. The molecule has 0 N–H and O–H groups in total. The van der Waals surface area contributed by atoms with E-state index < -0.39 is 114 Å². The molecule has 0 fully saturated rings. The van der Waals surface area contributed by atoms with E-state index in [-0.39, 0.29) is 49.9 Å². The molecule has 0 atom stereocenters. The summed E-state index contributed by atoms with van der Waals surface area (Å²) in [6.07, 6.45) is 0. The first-order valence-electron chi connectivity index (χ1n) is 24.4. The van der Waals surface area contributed by atoms with Gasteiger partial charge in [-0.15, -0.1) is 0 Å². The molecule has 228 valence electrons. The Hall–Kier alpha value is -6.44. The van der Waals surface area contributed by atoms with E-state index in [9.17, 15) is 2.74 Å². The van der Waals surface area contributed by atoms with E-state index in [1.54, 1.807) is 36.4 Å². The number of hydrogen-bond donors (Lipinski definition) is 0. The fourth-order valence-corrected chi connectivity index (χ4v) is 6.62. The van der Waals surface area contributed by atoms with E-state index in [0.717, 1.165) is 5.56 Å². The van der Waals surface area contributed by atoms with Crippen LogP contribution in [0.15, 0.2) is 186 Å². The second-order valence-electron chi connectivity index (χ2n) is 11.4. The summed E-state index contributed by atoms with van der Waals surface area (Å²) < 4.78 is 163. The molecule has 1 heterocycles. The highest BCUT2D eigenvalue weighted by Gasteiger charge is 2.20. The fraction of sp³-hybridized carbons (Fsp3) is 0. The van der Waals surface area contributed by atoms with Gasteiger partial charge in [-0.2, -0.15) is 0 Å². The van der Waals surface area contributed by atoms with E-state index in [0.29, 0.717) is 38.2 Å². The van der Waals surface area contributed by atoms with Gasteiger partial charge in [0, 0.05) is 16.2 Å². The molecule has 0 saturated carbocycles. The van der Waals surface area contributed by atoms with Crippen LogP contribution in [0, 0.1) is 0 Å². The molecule has 10 aromatic rings. The minimum atomic E-state index is -0.671. The lowest BCUT2D eigenvalue weighted by Gasteiger charge is -2.18. The molecule has 0 aliphatic heterocycles. The number of furan rings is 1. The minimum absolute atomic E-state index is 0.0436. The number of fused-ring (bicyclic) bond motifs is 7. The third-order valence-corrected chi connectivity index (χ3v) is 8.77. The maximum absolute atomic E-state index is 9.46. The SMILES string of the molecule is [2H]c1c([2H])c([2H])c(-c2c([2H])c([2H])c(-c3ccc(-c4c5ccccc5c(-c5c([2H])c([2H])c([2H])c6oc7c8c([2H])c([2H])c([2H])c([2H])c8c([2H])c([2H])c7c56)c5ccccc45)cc3)c([2H])c2[2H])c([2H])c1[2H]. The van der Waals surface area contributed by atoms with Gasteiger partial charge in [0.1, 0.15) is 11.2 Å². The minimum Gasteiger partial charge on any atom is -0.455 e. The standard InChI is InChI=1S/C48H30O/c1-2-11-31(12-3-1)32-21-23-33(24-22-32)34-25-27-36(28-26-34)45-38-15-6-8-17-40(38)46(41-18-9-7-16-39(41)45)42-19-10-20-44-47(42)43-30-29-35-13-4-5-14-37(35)48(43)49-44/h1-30H/i1D,2D,3D,4D,5D,10D,11D,12D,13D,14D,19D,20D,21D,22D,23D,24D,29D,30D. The summed E-state index contributed by atoms with van der Waals surface area (Å²) in [6, 6.07) is 11.5.